The largest absolute Gasteiger partial charge is 0.278 e. The summed E-state index contributed by atoms with van der Waals surface area (Å²) in [5.41, 5.74) is -0.729. The summed E-state index contributed by atoms with van der Waals surface area (Å²) in [6.07, 6.45) is 5.77. The zero-order valence-electron chi connectivity index (χ0n) is 9.37. The summed E-state index contributed by atoms with van der Waals surface area (Å²) in [6.45, 7) is 0.234. The fraction of sp³-hybridized carbons (Fsp3) is 0.636. The predicted octanol–water partition coefficient (Wildman–Crippen LogP) is 3.14. The van der Waals surface area contributed by atoms with Crippen LogP contribution in [-0.4, -0.2) is 19.4 Å². The van der Waals surface area contributed by atoms with Crippen LogP contribution in [0.5, 0.6) is 0 Å². The van der Waals surface area contributed by atoms with Crippen LogP contribution in [0.15, 0.2) is 12.4 Å². The van der Waals surface area contributed by atoms with Crippen LogP contribution in [0, 0.1) is 14.9 Å². The molecule has 0 radical (unpaired) electrons. The molecule has 0 atom stereocenters. The van der Waals surface area contributed by atoms with E-state index in [0.717, 1.165) is 12.8 Å². The highest BCUT2D eigenvalue weighted by Crippen LogP contribution is 2.37. The van der Waals surface area contributed by atoms with Crippen molar-refractivity contribution in [1.29, 1.82) is 8.82 Å². The first-order chi connectivity index (χ1) is 8.15. The summed E-state index contributed by atoms with van der Waals surface area (Å²) in [5, 5.41) is 12.7. The molecular formula is C11H14FIN4. The van der Waals surface area contributed by atoms with Gasteiger partial charge in [0.25, 0.3) is 0 Å². The van der Waals surface area contributed by atoms with E-state index in [2.05, 4.69) is 5.10 Å². The zero-order chi connectivity index (χ0) is 12.3. The first-order valence-corrected chi connectivity index (χ1v) is 7.88. The van der Waals surface area contributed by atoms with Gasteiger partial charge in [-0.05, 0) is 46.7 Å². The molecule has 1 fully saturated rings. The monoisotopic (exact) mass is 348 g/mol. The van der Waals surface area contributed by atoms with E-state index in [1.807, 2.05) is 6.07 Å². The first kappa shape index (κ1) is 12.6. The number of alkyl halides is 2. The molecule has 1 aromatic rings. The third-order valence-corrected chi connectivity index (χ3v) is 5.30. The first-order valence-electron chi connectivity index (χ1n) is 5.56. The molecule has 1 N–H and O–H groups in total. The van der Waals surface area contributed by atoms with Gasteiger partial charge in [-0.3, -0.25) is 8.24 Å². The molecule has 1 aromatic heterocycles. The van der Waals surface area contributed by atoms with Gasteiger partial charge in [-0.25, -0.2) is 4.39 Å². The van der Waals surface area contributed by atoms with E-state index in [1.165, 1.54) is 10.9 Å². The van der Waals surface area contributed by atoms with Gasteiger partial charge >= 0.3 is 0 Å². The van der Waals surface area contributed by atoms with E-state index in [4.69, 9.17) is 8.82 Å². The van der Waals surface area contributed by atoms with Gasteiger partial charge in [-0.2, -0.15) is 10.4 Å². The molecule has 6 heteroatoms. The van der Waals surface area contributed by atoms with Gasteiger partial charge in [0.05, 0.1) is 18.3 Å². The summed E-state index contributed by atoms with van der Waals surface area (Å²) >= 11 is -0.497. The number of nitrogens with zero attached hydrogens (tertiary/aromatic N) is 3. The van der Waals surface area contributed by atoms with E-state index in [9.17, 15) is 4.39 Å². The zero-order valence-corrected chi connectivity index (χ0v) is 11.5. The Morgan fingerprint density at radius 3 is 2.88 bits per heavy atom. The average molecular weight is 348 g/mol. The standard InChI is InChI=1S/C11H14FIN4/c12-11(3-1-10(13-15)2-4-11)8-17-7-9(5-14)6-16-17/h6-7,10,15H,1-4,8H2. The number of hydrogen-bond acceptors (Lipinski definition) is 3. The smallest absolute Gasteiger partial charge is 0.130 e. The van der Waals surface area contributed by atoms with Gasteiger partial charge in [0, 0.05) is 10.1 Å². The average Bonchev–Trinajstić information content (AvgIpc) is 2.77. The molecule has 0 aromatic carbocycles. The molecule has 92 valence electrons. The molecule has 0 amide bonds. The molecular weight excluding hydrogens is 334 g/mol. The van der Waals surface area contributed by atoms with Crippen molar-refractivity contribution < 1.29 is 4.39 Å². The molecule has 0 aliphatic heterocycles. The third kappa shape index (κ3) is 3.09. The number of nitrogens with one attached hydrogen (secondary N) is 1. The summed E-state index contributed by atoms with van der Waals surface area (Å²) in [6, 6.07) is 1.99. The van der Waals surface area contributed by atoms with Crippen LogP contribution in [-0.2, 0) is 6.54 Å². The van der Waals surface area contributed by atoms with Crippen LogP contribution in [0.1, 0.15) is 31.2 Å². The number of aromatic nitrogens is 2. The van der Waals surface area contributed by atoms with E-state index in [1.54, 1.807) is 6.20 Å². The lowest BCUT2D eigenvalue weighted by Crippen LogP contribution is -2.34. The Balaban J connectivity index is 1.99. The Morgan fingerprint density at radius 2 is 2.35 bits per heavy atom. The molecule has 1 saturated carbocycles. The molecule has 4 nitrogen and oxygen atoms in total. The molecule has 0 bridgehead atoms. The highest BCUT2D eigenvalue weighted by atomic mass is 127. The van der Waals surface area contributed by atoms with Gasteiger partial charge in [-0.15, -0.1) is 0 Å². The van der Waals surface area contributed by atoms with Crippen molar-refractivity contribution in [2.24, 2.45) is 0 Å². The quantitative estimate of drug-likeness (QED) is 0.674. The van der Waals surface area contributed by atoms with Gasteiger partial charge < -0.3 is 0 Å². The van der Waals surface area contributed by atoms with Crippen LogP contribution < -0.4 is 0 Å². The second-order valence-electron chi connectivity index (χ2n) is 4.47. The number of hydrogen-bond donors (Lipinski definition) is 1. The van der Waals surface area contributed by atoms with Crippen LogP contribution in [0.2, 0.25) is 0 Å². The van der Waals surface area contributed by atoms with Crippen molar-refractivity contribution >= 4 is 21.0 Å². The van der Waals surface area contributed by atoms with Gasteiger partial charge in [0.1, 0.15) is 11.7 Å². The SMILES string of the molecule is N#Cc1cnn(CC2(F)CCC(I=N)CC2)c1. The van der Waals surface area contributed by atoms with Crippen LogP contribution >= 0.6 is 21.0 Å². The van der Waals surface area contributed by atoms with Crippen molar-refractivity contribution in [3.05, 3.63) is 18.0 Å². The Morgan fingerprint density at radius 1 is 1.65 bits per heavy atom. The molecule has 0 saturated heterocycles. The minimum absolute atomic E-state index is 0.234. The highest BCUT2D eigenvalue weighted by Gasteiger charge is 2.35. The second kappa shape index (κ2) is 5.21. The Hall–Kier alpha value is -0.840. The lowest BCUT2D eigenvalue weighted by molar-refractivity contribution is 0.0849. The van der Waals surface area contributed by atoms with Crippen molar-refractivity contribution in [3.63, 3.8) is 0 Å². The maximum absolute atomic E-state index is 14.5. The van der Waals surface area contributed by atoms with E-state index in [-0.39, 0.29) is 6.54 Å². The normalized spacial score (nSPS) is 28.8. The number of halogens is 2. The summed E-state index contributed by atoms with van der Waals surface area (Å²) in [7, 11) is 0. The van der Waals surface area contributed by atoms with Crippen molar-refractivity contribution in [3.8, 4) is 6.07 Å². The minimum Gasteiger partial charge on any atom is -0.278 e. The van der Waals surface area contributed by atoms with Crippen LogP contribution in [0.25, 0.3) is 0 Å². The van der Waals surface area contributed by atoms with Gasteiger partial charge in [0.15, 0.2) is 0 Å². The molecule has 1 aliphatic carbocycles. The van der Waals surface area contributed by atoms with Gasteiger partial charge in [0.2, 0.25) is 0 Å². The van der Waals surface area contributed by atoms with Crippen LogP contribution in [0.4, 0.5) is 4.39 Å². The fourth-order valence-electron chi connectivity index (χ4n) is 2.17. The van der Waals surface area contributed by atoms with Gasteiger partial charge in [-0.1, -0.05) is 0 Å². The second-order valence-corrected chi connectivity index (χ2v) is 6.86. The maximum Gasteiger partial charge on any atom is 0.130 e. The Labute approximate surface area is 110 Å². The summed E-state index contributed by atoms with van der Waals surface area (Å²) in [5.74, 6) is 0. The summed E-state index contributed by atoms with van der Waals surface area (Å²) in [4.78, 5) is 0. The molecule has 0 unspecified atom stereocenters. The van der Waals surface area contributed by atoms with Crippen molar-refractivity contribution in [2.75, 3.05) is 0 Å². The maximum atomic E-state index is 14.5. The molecule has 0 spiro atoms. The van der Waals surface area contributed by atoms with Crippen molar-refractivity contribution in [1.82, 2.24) is 9.78 Å². The van der Waals surface area contributed by atoms with Crippen LogP contribution in [0.3, 0.4) is 0 Å². The molecule has 1 aliphatic rings. The minimum atomic E-state index is -1.20. The Kier molecular flexibility index (Phi) is 3.86. The Bertz CT molecular complexity index is 443. The molecule has 1 heterocycles. The highest BCUT2D eigenvalue weighted by molar-refractivity contribution is 14.1. The fourth-order valence-corrected chi connectivity index (χ4v) is 3.41. The van der Waals surface area contributed by atoms with E-state index >= 15 is 0 Å². The lowest BCUT2D eigenvalue weighted by Gasteiger charge is -2.31. The van der Waals surface area contributed by atoms with Crippen molar-refractivity contribution in [2.45, 2.75) is 41.8 Å². The molecule has 2 rings (SSSR count). The summed E-state index contributed by atoms with van der Waals surface area (Å²) < 4.78 is 23.9. The molecule has 17 heavy (non-hydrogen) atoms. The topological polar surface area (TPSA) is 65.5 Å². The van der Waals surface area contributed by atoms with E-state index in [0.29, 0.717) is 22.3 Å². The van der Waals surface area contributed by atoms with E-state index < -0.39 is 26.7 Å². The number of nitriles is 1. The third-order valence-electron chi connectivity index (χ3n) is 3.17. The predicted molar refractivity (Wildman–Crippen MR) is 69.8 cm³/mol. The number of rotatable bonds is 3. The lowest BCUT2D eigenvalue weighted by atomic mass is 9.86.